The molecule has 1 fully saturated rings. The number of carboxylic acids is 1. The first-order valence-electron chi connectivity index (χ1n) is 34.3. The summed E-state index contributed by atoms with van der Waals surface area (Å²) in [5.41, 5.74) is 0. The summed E-state index contributed by atoms with van der Waals surface area (Å²) in [4.78, 5) is 51.4. The third-order valence-corrected chi connectivity index (χ3v) is 16.0. The molecule has 0 aromatic rings. The van der Waals surface area contributed by atoms with Crippen LogP contribution in [0.4, 0.5) is 0 Å². The lowest BCUT2D eigenvalue weighted by Gasteiger charge is -2.40. The predicted octanol–water partition coefficient (Wildman–Crippen LogP) is 18.6. The SMILES string of the molecule is CCCCCC/C=C\CCCCCCCC(=O)OC1C(OCC(COC(=O)CCCCCCCCCCC/C=C\CCCCCCCC)OC(=O)CCCCCCCCCCCCCCCCCCCCC)OC(C(=O)O)C(O)C1O. The Bertz CT molecular complexity index is 1500. The lowest BCUT2D eigenvalue weighted by molar-refractivity contribution is -0.301. The van der Waals surface area contributed by atoms with Crippen LogP contribution in [0, 0.1) is 0 Å². The maximum Gasteiger partial charge on any atom is 0.335 e. The second-order valence-electron chi connectivity index (χ2n) is 23.8. The Kier molecular flexibility index (Phi) is 54.2. The number of carbonyl (C=O) groups is 4. The van der Waals surface area contributed by atoms with Gasteiger partial charge in [-0.15, -0.1) is 0 Å². The Morgan fingerprint density at radius 3 is 1.06 bits per heavy atom. The van der Waals surface area contributed by atoms with Crippen LogP contribution in [0.3, 0.4) is 0 Å². The smallest absolute Gasteiger partial charge is 0.335 e. The van der Waals surface area contributed by atoms with Gasteiger partial charge in [-0.25, -0.2) is 4.79 Å². The zero-order chi connectivity index (χ0) is 58.9. The number of hydrogen-bond acceptors (Lipinski definition) is 11. The summed E-state index contributed by atoms with van der Waals surface area (Å²) in [7, 11) is 0. The van der Waals surface area contributed by atoms with Gasteiger partial charge in [0, 0.05) is 19.3 Å². The molecule has 0 aliphatic carbocycles. The van der Waals surface area contributed by atoms with Gasteiger partial charge in [-0.2, -0.15) is 0 Å². The second-order valence-corrected chi connectivity index (χ2v) is 23.8. The molecule has 474 valence electrons. The average Bonchev–Trinajstić information content (AvgIpc) is 3.54. The van der Waals surface area contributed by atoms with E-state index in [1.54, 1.807) is 0 Å². The predicted molar refractivity (Wildman–Crippen MR) is 331 cm³/mol. The molecule has 1 aliphatic heterocycles. The standard InChI is InChI=1S/C69H126O12/c1-4-7-10-13-16-19-22-25-27-29-31-33-35-38-40-43-46-49-52-55-61(70)77-58-60(79-62(71)56-53-50-47-44-42-39-36-34-32-30-28-26-23-20-17-14-11-8-5-2)59-78-69-67(65(74)64(73)66(81-69)68(75)76)80-63(72)57-54-51-48-45-41-37-24-21-18-15-12-9-6-3/h21,24-25,27,60,64-67,69,73-74H,4-20,22-23,26,28-59H2,1-3H3,(H,75,76)/b24-21-,27-25-. The Hall–Kier alpha value is -2.80. The molecule has 0 amide bonds. The van der Waals surface area contributed by atoms with Gasteiger partial charge in [0.2, 0.25) is 0 Å². The van der Waals surface area contributed by atoms with E-state index in [1.807, 2.05) is 0 Å². The van der Waals surface area contributed by atoms with Gasteiger partial charge in [0.1, 0.15) is 18.8 Å². The van der Waals surface area contributed by atoms with Gasteiger partial charge >= 0.3 is 23.9 Å². The largest absolute Gasteiger partial charge is 0.479 e. The fourth-order valence-electron chi connectivity index (χ4n) is 10.7. The van der Waals surface area contributed by atoms with Crippen LogP contribution in [-0.2, 0) is 42.9 Å². The van der Waals surface area contributed by atoms with E-state index in [2.05, 4.69) is 45.1 Å². The summed E-state index contributed by atoms with van der Waals surface area (Å²) in [6, 6.07) is 0. The van der Waals surface area contributed by atoms with E-state index in [-0.39, 0.29) is 25.9 Å². The number of aliphatic carboxylic acids is 1. The first kappa shape index (κ1) is 76.2. The van der Waals surface area contributed by atoms with Crippen molar-refractivity contribution < 1.29 is 58.2 Å². The molecule has 1 heterocycles. The minimum absolute atomic E-state index is 0.0550. The normalized spacial score (nSPS) is 17.8. The van der Waals surface area contributed by atoms with Crippen molar-refractivity contribution >= 4 is 23.9 Å². The van der Waals surface area contributed by atoms with Crippen LogP contribution in [0.1, 0.15) is 342 Å². The molecule has 3 N–H and O–H groups in total. The molecule has 0 saturated carbocycles. The molecule has 6 unspecified atom stereocenters. The number of carbonyl (C=O) groups excluding carboxylic acids is 3. The van der Waals surface area contributed by atoms with Gasteiger partial charge in [-0.3, -0.25) is 14.4 Å². The number of aliphatic hydroxyl groups excluding tert-OH is 2. The maximum atomic E-state index is 13.2. The number of rotatable bonds is 60. The highest BCUT2D eigenvalue weighted by molar-refractivity contribution is 5.74. The first-order chi connectivity index (χ1) is 39.6. The molecule has 12 heteroatoms. The van der Waals surface area contributed by atoms with E-state index in [9.17, 15) is 34.5 Å². The first-order valence-corrected chi connectivity index (χ1v) is 34.3. The minimum Gasteiger partial charge on any atom is -0.479 e. The Labute approximate surface area is 496 Å². The van der Waals surface area contributed by atoms with Gasteiger partial charge in [0.25, 0.3) is 0 Å². The lowest BCUT2D eigenvalue weighted by Crippen LogP contribution is -2.61. The summed E-state index contributed by atoms with van der Waals surface area (Å²) in [6.45, 7) is 6.03. The highest BCUT2D eigenvalue weighted by Gasteiger charge is 2.50. The molecule has 1 rings (SSSR count). The zero-order valence-electron chi connectivity index (χ0n) is 52.6. The second kappa shape index (κ2) is 57.6. The molecular formula is C69H126O12. The molecule has 0 spiro atoms. The van der Waals surface area contributed by atoms with E-state index in [1.165, 1.54) is 205 Å². The van der Waals surface area contributed by atoms with Crippen molar-refractivity contribution in [1.82, 2.24) is 0 Å². The highest BCUT2D eigenvalue weighted by Crippen LogP contribution is 2.27. The van der Waals surface area contributed by atoms with E-state index in [0.29, 0.717) is 19.3 Å². The van der Waals surface area contributed by atoms with Crippen LogP contribution < -0.4 is 0 Å². The fraction of sp³-hybridized carbons (Fsp3) is 0.884. The summed E-state index contributed by atoms with van der Waals surface area (Å²) in [5, 5.41) is 31.6. The number of carboxylic acid groups (broad SMARTS) is 1. The van der Waals surface area contributed by atoms with Crippen molar-refractivity contribution in [2.45, 2.75) is 379 Å². The van der Waals surface area contributed by atoms with Crippen molar-refractivity contribution in [3.8, 4) is 0 Å². The maximum absolute atomic E-state index is 13.2. The third-order valence-electron chi connectivity index (χ3n) is 16.0. The van der Waals surface area contributed by atoms with Crippen molar-refractivity contribution in [3.63, 3.8) is 0 Å². The van der Waals surface area contributed by atoms with Gasteiger partial charge in [-0.1, -0.05) is 276 Å². The van der Waals surface area contributed by atoms with E-state index < -0.39 is 67.3 Å². The Morgan fingerprint density at radius 1 is 0.395 bits per heavy atom. The van der Waals surface area contributed by atoms with Crippen LogP contribution in [0.15, 0.2) is 24.3 Å². The molecule has 1 aliphatic rings. The summed E-state index contributed by atoms with van der Waals surface area (Å²) >= 11 is 0. The molecule has 0 aromatic carbocycles. The van der Waals surface area contributed by atoms with Crippen LogP contribution >= 0.6 is 0 Å². The van der Waals surface area contributed by atoms with Crippen LogP contribution in [-0.4, -0.2) is 89.2 Å². The van der Waals surface area contributed by atoms with Gasteiger partial charge in [0.15, 0.2) is 24.6 Å². The quantitative estimate of drug-likeness (QED) is 0.0228. The molecule has 81 heavy (non-hydrogen) atoms. The van der Waals surface area contributed by atoms with Crippen molar-refractivity contribution in [3.05, 3.63) is 24.3 Å². The topological polar surface area (TPSA) is 175 Å². The zero-order valence-corrected chi connectivity index (χ0v) is 52.6. The summed E-state index contributed by atoms with van der Waals surface area (Å²) < 4.78 is 28.6. The van der Waals surface area contributed by atoms with Crippen LogP contribution in [0.5, 0.6) is 0 Å². The molecule has 0 radical (unpaired) electrons. The van der Waals surface area contributed by atoms with Crippen LogP contribution in [0.25, 0.3) is 0 Å². The van der Waals surface area contributed by atoms with E-state index in [4.69, 9.17) is 23.7 Å². The van der Waals surface area contributed by atoms with Crippen LogP contribution in [0.2, 0.25) is 0 Å². The number of hydrogen-bond donors (Lipinski definition) is 3. The molecule has 1 saturated heterocycles. The van der Waals surface area contributed by atoms with Crippen molar-refractivity contribution in [2.24, 2.45) is 0 Å². The molecule has 6 atom stereocenters. The number of unbranched alkanes of at least 4 members (excludes halogenated alkanes) is 42. The number of aliphatic hydroxyl groups is 2. The molecule has 0 bridgehead atoms. The Morgan fingerprint density at radius 2 is 0.704 bits per heavy atom. The van der Waals surface area contributed by atoms with Crippen molar-refractivity contribution in [2.75, 3.05) is 13.2 Å². The van der Waals surface area contributed by atoms with E-state index >= 15 is 0 Å². The van der Waals surface area contributed by atoms with Crippen molar-refractivity contribution in [1.29, 1.82) is 0 Å². The monoisotopic (exact) mass is 1150 g/mol. The molecule has 0 aromatic heterocycles. The lowest BCUT2D eigenvalue weighted by atomic mass is 9.98. The Balaban J connectivity index is 2.62. The van der Waals surface area contributed by atoms with E-state index in [0.717, 1.165) is 77.0 Å². The average molecular weight is 1150 g/mol. The number of esters is 3. The minimum atomic E-state index is -1.90. The number of allylic oxidation sites excluding steroid dienone is 4. The van der Waals surface area contributed by atoms with Gasteiger partial charge < -0.3 is 39.0 Å². The molecular weight excluding hydrogens is 1020 g/mol. The third kappa shape index (κ3) is 47.2. The van der Waals surface area contributed by atoms with Gasteiger partial charge in [0.05, 0.1) is 6.61 Å². The number of ether oxygens (including phenoxy) is 5. The summed E-state index contributed by atoms with van der Waals surface area (Å²) in [5.74, 6) is -3.09. The fourth-order valence-corrected chi connectivity index (χ4v) is 10.7. The summed E-state index contributed by atoms with van der Waals surface area (Å²) in [6.07, 6.45) is 55.7. The highest BCUT2D eigenvalue weighted by atomic mass is 16.7. The van der Waals surface area contributed by atoms with Gasteiger partial charge in [-0.05, 0) is 70.6 Å². The molecule has 12 nitrogen and oxygen atoms in total.